The maximum atomic E-state index is 12.5. The van der Waals surface area contributed by atoms with Gasteiger partial charge in [-0.2, -0.15) is 5.26 Å². The molecule has 0 aromatic carbocycles. The number of ketones is 1. The van der Waals surface area contributed by atoms with Crippen LogP contribution < -0.4 is 0 Å². The average molecular weight is 410 g/mol. The lowest BCUT2D eigenvalue weighted by atomic mass is 9.47. The molecule has 5 rings (SSSR count). The van der Waals surface area contributed by atoms with Crippen LogP contribution in [0.4, 0.5) is 0 Å². The van der Waals surface area contributed by atoms with Crippen LogP contribution >= 0.6 is 0 Å². The van der Waals surface area contributed by atoms with E-state index in [9.17, 15) is 10.1 Å². The highest BCUT2D eigenvalue weighted by molar-refractivity contribution is 5.80. The van der Waals surface area contributed by atoms with E-state index >= 15 is 0 Å². The Bertz CT molecular complexity index is 774. The summed E-state index contributed by atoms with van der Waals surface area (Å²) in [6, 6.07) is 2.53. The summed E-state index contributed by atoms with van der Waals surface area (Å²) in [6.07, 6.45) is 16.7. The van der Waals surface area contributed by atoms with Crippen molar-refractivity contribution in [2.45, 2.75) is 104 Å². The van der Waals surface area contributed by atoms with Crippen LogP contribution in [-0.2, 0) is 9.53 Å². The van der Waals surface area contributed by atoms with Gasteiger partial charge in [-0.15, -0.1) is 0 Å². The number of fused-ring (bicyclic) bond motifs is 5. The van der Waals surface area contributed by atoms with Crippen molar-refractivity contribution in [3.05, 3.63) is 11.6 Å². The molecule has 8 atom stereocenters. The second-order valence-corrected chi connectivity index (χ2v) is 11.8. The Morgan fingerprint density at radius 2 is 1.87 bits per heavy atom. The van der Waals surface area contributed by atoms with Crippen molar-refractivity contribution in [1.29, 1.82) is 5.26 Å². The average Bonchev–Trinajstić information content (AvgIpc) is 3.32. The molecule has 0 bridgehead atoms. The van der Waals surface area contributed by atoms with Crippen LogP contribution in [0.1, 0.15) is 91.4 Å². The zero-order valence-electron chi connectivity index (χ0n) is 19.2. The molecule has 30 heavy (non-hydrogen) atoms. The van der Waals surface area contributed by atoms with Gasteiger partial charge in [0.2, 0.25) is 0 Å². The summed E-state index contributed by atoms with van der Waals surface area (Å²) in [5.41, 5.74) is 1.99. The van der Waals surface area contributed by atoms with Gasteiger partial charge in [0, 0.05) is 5.92 Å². The van der Waals surface area contributed by atoms with Crippen molar-refractivity contribution in [2.24, 2.45) is 40.4 Å². The third kappa shape index (κ3) is 3.04. The minimum Gasteiger partial charge on any atom is -0.375 e. The van der Waals surface area contributed by atoms with E-state index < -0.39 is 0 Å². The second kappa shape index (κ2) is 7.47. The smallest absolute Gasteiger partial charge is 0.134 e. The molecule has 3 heteroatoms. The van der Waals surface area contributed by atoms with Crippen molar-refractivity contribution >= 4 is 5.78 Å². The zero-order chi connectivity index (χ0) is 21.1. The summed E-state index contributed by atoms with van der Waals surface area (Å²) >= 11 is 0. The molecule has 5 aliphatic rings. The summed E-state index contributed by atoms with van der Waals surface area (Å²) in [4.78, 5) is 12.5. The van der Waals surface area contributed by atoms with E-state index in [1.807, 2.05) is 0 Å². The van der Waals surface area contributed by atoms with Gasteiger partial charge in [0.15, 0.2) is 0 Å². The Morgan fingerprint density at radius 1 is 1.10 bits per heavy atom. The molecule has 0 aromatic heterocycles. The Labute approximate surface area is 182 Å². The van der Waals surface area contributed by atoms with Crippen LogP contribution in [0.25, 0.3) is 0 Å². The lowest BCUT2D eigenvalue weighted by Gasteiger charge is -2.58. The fourth-order valence-electron chi connectivity index (χ4n) is 8.96. The van der Waals surface area contributed by atoms with Crippen LogP contribution in [0.15, 0.2) is 11.6 Å². The Kier molecular flexibility index (Phi) is 5.17. The first-order valence-corrected chi connectivity index (χ1v) is 12.6. The van der Waals surface area contributed by atoms with E-state index in [0.717, 1.165) is 25.7 Å². The topological polar surface area (TPSA) is 50.1 Å². The van der Waals surface area contributed by atoms with Crippen molar-refractivity contribution in [1.82, 2.24) is 0 Å². The SMILES string of the molecule is CC(=O)C1C(C#N)CC2C3CC=C4CC(OC5CCCC5)CCC4(C)C3CCC21C. The predicted molar refractivity (Wildman–Crippen MR) is 117 cm³/mol. The summed E-state index contributed by atoms with van der Waals surface area (Å²) in [5.74, 6) is 2.00. The van der Waals surface area contributed by atoms with Gasteiger partial charge in [0.25, 0.3) is 0 Å². The molecule has 3 nitrogen and oxygen atoms in total. The van der Waals surface area contributed by atoms with E-state index in [1.54, 1.807) is 12.5 Å². The van der Waals surface area contributed by atoms with Gasteiger partial charge < -0.3 is 4.74 Å². The van der Waals surface area contributed by atoms with E-state index in [1.165, 1.54) is 44.9 Å². The Hall–Kier alpha value is -1.14. The van der Waals surface area contributed by atoms with E-state index in [0.29, 0.717) is 35.4 Å². The third-order valence-electron chi connectivity index (χ3n) is 10.4. The number of ether oxygens (including phenoxy) is 1. The number of rotatable bonds is 3. The highest BCUT2D eigenvalue weighted by Gasteiger charge is 2.62. The Morgan fingerprint density at radius 3 is 2.57 bits per heavy atom. The summed E-state index contributed by atoms with van der Waals surface area (Å²) in [7, 11) is 0. The summed E-state index contributed by atoms with van der Waals surface area (Å²) in [5, 5.41) is 9.80. The Balaban J connectivity index is 1.37. The molecule has 4 saturated carbocycles. The molecule has 0 aromatic rings. The largest absolute Gasteiger partial charge is 0.375 e. The van der Waals surface area contributed by atoms with Gasteiger partial charge in [-0.05, 0) is 93.3 Å². The monoisotopic (exact) mass is 409 g/mol. The molecular formula is C27H39NO2. The first kappa shape index (κ1) is 20.7. The predicted octanol–water partition coefficient (Wildman–Crippen LogP) is 6.23. The highest BCUT2D eigenvalue weighted by atomic mass is 16.5. The number of Topliss-reactive ketones (excluding diaryl/α,β-unsaturated/α-hetero) is 1. The highest BCUT2D eigenvalue weighted by Crippen LogP contribution is 2.67. The number of hydrogen-bond donors (Lipinski definition) is 0. The molecule has 0 heterocycles. The molecule has 4 fully saturated rings. The maximum absolute atomic E-state index is 12.5. The van der Waals surface area contributed by atoms with Crippen LogP contribution in [0.3, 0.4) is 0 Å². The van der Waals surface area contributed by atoms with Gasteiger partial charge in [0.05, 0.1) is 24.2 Å². The molecule has 0 radical (unpaired) electrons. The maximum Gasteiger partial charge on any atom is 0.134 e. The molecule has 0 N–H and O–H groups in total. The minimum atomic E-state index is -0.0787. The number of hydrogen-bond acceptors (Lipinski definition) is 3. The van der Waals surface area contributed by atoms with Crippen molar-refractivity contribution in [2.75, 3.05) is 0 Å². The number of carbonyl (C=O) groups excluding carboxylic acids is 1. The molecular weight excluding hydrogens is 370 g/mol. The fraction of sp³-hybridized carbons (Fsp3) is 0.852. The molecule has 164 valence electrons. The summed E-state index contributed by atoms with van der Waals surface area (Å²) in [6.45, 7) is 6.59. The molecule has 0 aliphatic heterocycles. The molecule has 0 saturated heterocycles. The standard InChI is InChI=1S/C27H39NO2/c1-17(29)25-18(16-28)14-24-22-9-8-19-15-21(30-20-6-4-5-7-20)10-12-26(19,2)23(22)11-13-27(24,25)3/h8,18,20-25H,4-7,9-15H2,1-3H3. The molecule has 0 spiro atoms. The second-order valence-electron chi connectivity index (χ2n) is 11.8. The number of carbonyl (C=O) groups is 1. The van der Waals surface area contributed by atoms with Crippen LogP contribution in [0.5, 0.6) is 0 Å². The summed E-state index contributed by atoms with van der Waals surface area (Å²) < 4.78 is 6.52. The lowest BCUT2D eigenvalue weighted by molar-refractivity contribution is -0.128. The first-order valence-electron chi connectivity index (χ1n) is 12.6. The number of nitriles is 1. The fourth-order valence-corrected chi connectivity index (χ4v) is 8.96. The lowest BCUT2D eigenvalue weighted by Crippen LogP contribution is -2.51. The van der Waals surface area contributed by atoms with Crippen molar-refractivity contribution in [3.63, 3.8) is 0 Å². The zero-order valence-corrected chi connectivity index (χ0v) is 19.2. The van der Waals surface area contributed by atoms with E-state index in [-0.39, 0.29) is 23.0 Å². The molecule has 8 unspecified atom stereocenters. The number of nitrogens with zero attached hydrogens (tertiary/aromatic N) is 1. The van der Waals surface area contributed by atoms with Crippen molar-refractivity contribution < 1.29 is 9.53 Å². The van der Waals surface area contributed by atoms with Crippen LogP contribution in [-0.4, -0.2) is 18.0 Å². The molecule has 0 amide bonds. The first-order chi connectivity index (χ1) is 14.4. The van der Waals surface area contributed by atoms with Gasteiger partial charge >= 0.3 is 0 Å². The normalized spacial score (nSPS) is 48.3. The van der Waals surface area contributed by atoms with Gasteiger partial charge in [-0.1, -0.05) is 38.3 Å². The molecule has 5 aliphatic carbocycles. The van der Waals surface area contributed by atoms with Crippen LogP contribution in [0, 0.1) is 51.8 Å². The van der Waals surface area contributed by atoms with Gasteiger partial charge in [0.1, 0.15) is 5.78 Å². The van der Waals surface area contributed by atoms with Gasteiger partial charge in [-0.25, -0.2) is 0 Å². The van der Waals surface area contributed by atoms with Crippen LogP contribution in [0.2, 0.25) is 0 Å². The van der Waals surface area contributed by atoms with E-state index in [2.05, 4.69) is 26.0 Å². The number of allylic oxidation sites excluding steroid dienone is 1. The minimum absolute atomic E-state index is 0.0257. The van der Waals surface area contributed by atoms with E-state index in [4.69, 9.17) is 4.74 Å². The van der Waals surface area contributed by atoms with Crippen molar-refractivity contribution in [3.8, 4) is 6.07 Å². The third-order valence-corrected chi connectivity index (χ3v) is 10.4. The van der Waals surface area contributed by atoms with Gasteiger partial charge in [-0.3, -0.25) is 4.79 Å². The quantitative estimate of drug-likeness (QED) is 0.519.